The molecule has 0 saturated carbocycles. The van der Waals surface area contributed by atoms with Crippen LogP contribution in [0, 0.1) is 0 Å². The first-order valence-electron chi connectivity index (χ1n) is 8.70. The largest absolute Gasteiger partial charge is 0.416 e. The second-order valence-corrected chi connectivity index (χ2v) is 7.47. The van der Waals surface area contributed by atoms with E-state index in [4.69, 9.17) is 0 Å². The number of hydrogen-bond acceptors (Lipinski definition) is 2. The Bertz CT molecular complexity index is 1370. The fourth-order valence-corrected chi connectivity index (χ4v) is 3.73. The summed E-state index contributed by atoms with van der Waals surface area (Å²) in [7, 11) is 0. The number of imidazole rings is 2. The molecule has 5 aromatic rings. The van der Waals surface area contributed by atoms with E-state index in [2.05, 4.69) is 35.9 Å². The summed E-state index contributed by atoms with van der Waals surface area (Å²) >= 11 is 3.53. The Morgan fingerprint density at radius 1 is 0.759 bits per heavy atom. The first kappa shape index (κ1) is 17.9. The summed E-state index contributed by atoms with van der Waals surface area (Å²) in [6.45, 7) is 0. The lowest BCUT2D eigenvalue weighted by atomic mass is 10.2. The molecular weight excluding hydrogens is 445 g/mol. The Morgan fingerprint density at radius 3 is 2.17 bits per heavy atom. The zero-order valence-electron chi connectivity index (χ0n) is 14.7. The second-order valence-electron chi connectivity index (χ2n) is 6.61. The highest BCUT2D eigenvalue weighted by Crippen LogP contribution is 2.33. The van der Waals surface area contributed by atoms with E-state index in [1.807, 2.05) is 42.5 Å². The average Bonchev–Trinajstić information content (AvgIpc) is 3.30. The molecule has 3 aromatic carbocycles. The zero-order chi connectivity index (χ0) is 20.2. The Hall–Kier alpha value is -3.13. The molecule has 0 unspecified atom stereocenters. The summed E-state index contributed by atoms with van der Waals surface area (Å²) in [4.78, 5) is 15.3. The molecule has 0 saturated heterocycles. The Kier molecular flexibility index (Phi) is 3.99. The van der Waals surface area contributed by atoms with Crippen molar-refractivity contribution >= 4 is 38.0 Å². The SMILES string of the molecule is FC(F)(F)c1ccc2nc(-c3ccc4nc(-c5ccccc5Br)[nH]c4c3)[nH]c2c1. The average molecular weight is 457 g/mol. The lowest BCUT2D eigenvalue weighted by Crippen LogP contribution is -2.04. The number of rotatable bonds is 2. The summed E-state index contributed by atoms with van der Waals surface area (Å²) in [6, 6.07) is 16.8. The van der Waals surface area contributed by atoms with Crippen LogP contribution in [0.25, 0.3) is 44.8 Å². The minimum Gasteiger partial charge on any atom is -0.338 e. The van der Waals surface area contributed by atoms with E-state index in [-0.39, 0.29) is 0 Å². The fraction of sp³-hybridized carbons (Fsp3) is 0.0476. The van der Waals surface area contributed by atoms with Crippen LogP contribution in [0.2, 0.25) is 0 Å². The van der Waals surface area contributed by atoms with Gasteiger partial charge in [0.2, 0.25) is 0 Å². The topological polar surface area (TPSA) is 57.4 Å². The third-order valence-corrected chi connectivity index (χ3v) is 5.39. The molecule has 0 aliphatic rings. The van der Waals surface area contributed by atoms with Gasteiger partial charge in [-0.3, -0.25) is 0 Å². The molecule has 5 rings (SSSR count). The molecule has 0 atom stereocenters. The van der Waals surface area contributed by atoms with Crippen molar-refractivity contribution in [3.63, 3.8) is 0 Å². The Labute approximate surface area is 170 Å². The van der Waals surface area contributed by atoms with Crippen LogP contribution in [0.5, 0.6) is 0 Å². The third-order valence-electron chi connectivity index (χ3n) is 4.69. The second kappa shape index (κ2) is 6.45. The maximum atomic E-state index is 12.9. The summed E-state index contributed by atoms with van der Waals surface area (Å²) in [6.07, 6.45) is -4.39. The van der Waals surface area contributed by atoms with Crippen molar-refractivity contribution in [3.8, 4) is 22.8 Å². The summed E-state index contributed by atoms with van der Waals surface area (Å²) in [5, 5.41) is 0. The molecule has 29 heavy (non-hydrogen) atoms. The summed E-state index contributed by atoms with van der Waals surface area (Å²) in [5.41, 5.74) is 3.40. The van der Waals surface area contributed by atoms with Crippen molar-refractivity contribution < 1.29 is 13.2 Å². The number of nitrogens with zero attached hydrogens (tertiary/aromatic N) is 2. The highest BCUT2D eigenvalue weighted by molar-refractivity contribution is 9.10. The van der Waals surface area contributed by atoms with Crippen molar-refractivity contribution in [2.24, 2.45) is 0 Å². The van der Waals surface area contributed by atoms with Crippen molar-refractivity contribution in [2.45, 2.75) is 6.18 Å². The van der Waals surface area contributed by atoms with E-state index in [1.54, 1.807) is 0 Å². The van der Waals surface area contributed by atoms with E-state index in [0.717, 1.165) is 44.6 Å². The molecule has 0 bridgehead atoms. The minimum absolute atomic E-state index is 0.341. The molecule has 2 heterocycles. The van der Waals surface area contributed by atoms with Crippen LogP contribution >= 0.6 is 15.9 Å². The van der Waals surface area contributed by atoms with Crippen LogP contribution in [0.1, 0.15) is 5.56 Å². The van der Waals surface area contributed by atoms with Crippen LogP contribution in [-0.2, 0) is 6.18 Å². The lowest BCUT2D eigenvalue weighted by Gasteiger charge is -2.05. The predicted octanol–water partition coefficient (Wildman–Crippen LogP) is 6.55. The van der Waals surface area contributed by atoms with Crippen molar-refractivity contribution in [3.05, 3.63) is 70.7 Å². The van der Waals surface area contributed by atoms with E-state index in [0.29, 0.717) is 16.9 Å². The van der Waals surface area contributed by atoms with Gasteiger partial charge in [0, 0.05) is 15.6 Å². The number of halogens is 4. The molecular formula is C21H12BrF3N4. The zero-order valence-corrected chi connectivity index (χ0v) is 16.3. The number of aromatic nitrogens is 4. The molecule has 2 aromatic heterocycles. The molecule has 0 spiro atoms. The molecule has 144 valence electrons. The van der Waals surface area contributed by atoms with Crippen LogP contribution < -0.4 is 0 Å². The van der Waals surface area contributed by atoms with Crippen LogP contribution in [-0.4, -0.2) is 19.9 Å². The van der Waals surface area contributed by atoms with Crippen molar-refractivity contribution in [1.29, 1.82) is 0 Å². The van der Waals surface area contributed by atoms with E-state index in [1.165, 1.54) is 6.07 Å². The molecule has 0 amide bonds. The van der Waals surface area contributed by atoms with Gasteiger partial charge in [-0.05, 0) is 42.5 Å². The molecule has 8 heteroatoms. The van der Waals surface area contributed by atoms with Gasteiger partial charge in [0.05, 0.1) is 27.6 Å². The number of H-pyrrole nitrogens is 2. The number of nitrogens with one attached hydrogen (secondary N) is 2. The normalized spacial score (nSPS) is 12.1. The van der Waals surface area contributed by atoms with Crippen LogP contribution in [0.4, 0.5) is 13.2 Å². The maximum Gasteiger partial charge on any atom is 0.416 e. The number of aromatic amines is 2. The summed E-state index contributed by atoms with van der Waals surface area (Å²) in [5.74, 6) is 1.22. The molecule has 0 aliphatic carbocycles. The number of alkyl halides is 3. The van der Waals surface area contributed by atoms with Gasteiger partial charge in [0.15, 0.2) is 0 Å². The van der Waals surface area contributed by atoms with Gasteiger partial charge in [-0.2, -0.15) is 13.2 Å². The molecule has 0 fully saturated rings. The van der Waals surface area contributed by atoms with Crippen LogP contribution in [0.15, 0.2) is 65.1 Å². The van der Waals surface area contributed by atoms with Gasteiger partial charge in [0.25, 0.3) is 0 Å². The van der Waals surface area contributed by atoms with Gasteiger partial charge in [-0.15, -0.1) is 0 Å². The number of fused-ring (bicyclic) bond motifs is 2. The highest BCUT2D eigenvalue weighted by atomic mass is 79.9. The Morgan fingerprint density at radius 2 is 1.41 bits per heavy atom. The van der Waals surface area contributed by atoms with Gasteiger partial charge < -0.3 is 9.97 Å². The lowest BCUT2D eigenvalue weighted by molar-refractivity contribution is -0.137. The van der Waals surface area contributed by atoms with E-state index < -0.39 is 11.7 Å². The number of benzene rings is 3. The summed E-state index contributed by atoms with van der Waals surface area (Å²) < 4.78 is 39.8. The smallest absolute Gasteiger partial charge is 0.338 e. The standard InChI is InChI=1S/C21H12BrF3N4/c22-14-4-2-1-3-13(14)20-27-15-7-5-11(9-17(15)29-20)19-26-16-8-6-12(21(23,24)25)10-18(16)28-19/h1-10H,(H,26,28)(H,27,29). The molecule has 0 aliphatic heterocycles. The van der Waals surface area contributed by atoms with Gasteiger partial charge in [-0.25, -0.2) is 9.97 Å². The fourth-order valence-electron chi connectivity index (χ4n) is 3.26. The van der Waals surface area contributed by atoms with Crippen molar-refractivity contribution in [1.82, 2.24) is 19.9 Å². The molecule has 2 N–H and O–H groups in total. The van der Waals surface area contributed by atoms with Crippen LogP contribution in [0.3, 0.4) is 0 Å². The first-order chi connectivity index (χ1) is 13.9. The monoisotopic (exact) mass is 456 g/mol. The van der Waals surface area contributed by atoms with Gasteiger partial charge >= 0.3 is 6.18 Å². The van der Waals surface area contributed by atoms with E-state index in [9.17, 15) is 13.2 Å². The van der Waals surface area contributed by atoms with Gasteiger partial charge in [-0.1, -0.05) is 34.1 Å². The van der Waals surface area contributed by atoms with Gasteiger partial charge in [0.1, 0.15) is 11.6 Å². The minimum atomic E-state index is -4.39. The van der Waals surface area contributed by atoms with Crippen molar-refractivity contribution in [2.75, 3.05) is 0 Å². The predicted molar refractivity (Wildman–Crippen MR) is 109 cm³/mol. The first-order valence-corrected chi connectivity index (χ1v) is 9.50. The maximum absolute atomic E-state index is 12.9. The quantitative estimate of drug-likeness (QED) is 0.316. The Balaban J connectivity index is 1.57. The highest BCUT2D eigenvalue weighted by Gasteiger charge is 2.30. The third kappa shape index (κ3) is 3.19. The molecule has 4 nitrogen and oxygen atoms in total. The van der Waals surface area contributed by atoms with E-state index >= 15 is 0 Å². The number of hydrogen-bond donors (Lipinski definition) is 2. The molecule has 0 radical (unpaired) electrons.